The Bertz CT molecular complexity index is 736. The second-order valence-corrected chi connectivity index (χ2v) is 7.40. The van der Waals surface area contributed by atoms with E-state index in [9.17, 15) is 9.90 Å². The maximum atomic E-state index is 12.5. The number of anilines is 1. The molecule has 0 aliphatic heterocycles. The van der Waals surface area contributed by atoms with Gasteiger partial charge >= 0.3 is 0 Å². The van der Waals surface area contributed by atoms with Gasteiger partial charge in [0, 0.05) is 16.8 Å². The number of carbonyl (C=O) groups is 1. The summed E-state index contributed by atoms with van der Waals surface area (Å²) in [7, 11) is 0. The van der Waals surface area contributed by atoms with E-state index in [0.717, 1.165) is 6.42 Å². The molecule has 26 heavy (non-hydrogen) atoms. The Kier molecular flexibility index (Phi) is 6.54. The molecule has 2 aromatic carbocycles. The highest BCUT2D eigenvalue weighted by molar-refractivity contribution is 6.31. The summed E-state index contributed by atoms with van der Waals surface area (Å²) >= 11 is 5.90. The van der Waals surface area contributed by atoms with Crippen LogP contribution < -0.4 is 10.1 Å². The van der Waals surface area contributed by atoms with Gasteiger partial charge in [-0.1, -0.05) is 51.4 Å². The minimum absolute atomic E-state index is 0.00380. The second-order valence-electron chi connectivity index (χ2n) is 6.96. The molecule has 0 spiro atoms. The fourth-order valence-electron chi connectivity index (χ4n) is 2.54. The molecule has 1 unspecified atom stereocenters. The minimum Gasteiger partial charge on any atom is -0.508 e. The molecule has 0 saturated heterocycles. The van der Waals surface area contributed by atoms with Crippen LogP contribution in [0.1, 0.15) is 46.1 Å². The normalized spacial score (nSPS) is 12.5. The maximum Gasteiger partial charge on any atom is 0.265 e. The highest BCUT2D eigenvalue weighted by atomic mass is 35.5. The van der Waals surface area contributed by atoms with Gasteiger partial charge in [-0.15, -0.1) is 0 Å². The van der Waals surface area contributed by atoms with Crippen molar-refractivity contribution in [3.8, 4) is 11.5 Å². The fourth-order valence-corrected chi connectivity index (χ4v) is 2.77. The molecular formula is C21H26ClNO3. The van der Waals surface area contributed by atoms with Crippen molar-refractivity contribution in [3.63, 3.8) is 0 Å². The van der Waals surface area contributed by atoms with Gasteiger partial charge < -0.3 is 15.2 Å². The van der Waals surface area contributed by atoms with E-state index >= 15 is 0 Å². The molecule has 2 aromatic rings. The zero-order valence-corrected chi connectivity index (χ0v) is 16.4. The number of rotatable bonds is 7. The van der Waals surface area contributed by atoms with Gasteiger partial charge in [-0.2, -0.15) is 0 Å². The number of aromatic hydroxyl groups is 1. The number of benzene rings is 2. The van der Waals surface area contributed by atoms with Gasteiger partial charge in [0.2, 0.25) is 0 Å². The first-order valence-electron chi connectivity index (χ1n) is 8.82. The molecule has 0 fully saturated rings. The third-order valence-electron chi connectivity index (χ3n) is 4.61. The molecule has 0 aliphatic carbocycles. The summed E-state index contributed by atoms with van der Waals surface area (Å²) in [5, 5.41) is 12.7. The number of hydrogen-bond donors (Lipinski definition) is 2. The molecule has 2 N–H and O–H groups in total. The van der Waals surface area contributed by atoms with Crippen LogP contribution in [-0.2, 0) is 10.2 Å². The predicted octanol–water partition coefficient (Wildman–Crippen LogP) is 5.53. The first kappa shape index (κ1) is 20.1. The molecular weight excluding hydrogens is 350 g/mol. The summed E-state index contributed by atoms with van der Waals surface area (Å²) in [6.07, 6.45) is 0.918. The summed E-state index contributed by atoms with van der Waals surface area (Å²) in [5.41, 5.74) is 1.77. The monoisotopic (exact) mass is 375 g/mol. The van der Waals surface area contributed by atoms with Crippen molar-refractivity contribution in [2.24, 2.45) is 0 Å². The lowest BCUT2D eigenvalue weighted by Gasteiger charge is -2.24. The minimum atomic E-state index is -0.638. The predicted molar refractivity (Wildman–Crippen MR) is 106 cm³/mol. The quantitative estimate of drug-likeness (QED) is 0.668. The van der Waals surface area contributed by atoms with Crippen LogP contribution in [-0.4, -0.2) is 17.1 Å². The number of amides is 1. The van der Waals surface area contributed by atoms with E-state index in [1.165, 1.54) is 17.7 Å². The van der Waals surface area contributed by atoms with Crippen LogP contribution in [0.4, 0.5) is 5.69 Å². The molecule has 2 rings (SSSR count). The van der Waals surface area contributed by atoms with Crippen molar-refractivity contribution in [2.75, 3.05) is 5.32 Å². The lowest BCUT2D eigenvalue weighted by molar-refractivity contribution is -0.122. The Morgan fingerprint density at radius 2 is 1.85 bits per heavy atom. The van der Waals surface area contributed by atoms with Gasteiger partial charge in [0.1, 0.15) is 11.5 Å². The second kappa shape index (κ2) is 8.45. The number of phenolic OH excluding ortho intramolecular Hbond substituents is 1. The van der Waals surface area contributed by atoms with Crippen molar-refractivity contribution in [3.05, 3.63) is 53.1 Å². The molecule has 1 atom stereocenters. The lowest BCUT2D eigenvalue weighted by Crippen LogP contribution is -2.32. The lowest BCUT2D eigenvalue weighted by atomic mass is 9.82. The molecule has 0 bridgehead atoms. The number of phenols is 1. The van der Waals surface area contributed by atoms with E-state index in [1.807, 2.05) is 31.2 Å². The Labute approximate surface area is 160 Å². The zero-order valence-electron chi connectivity index (χ0n) is 15.7. The van der Waals surface area contributed by atoms with Crippen LogP contribution in [0.5, 0.6) is 11.5 Å². The van der Waals surface area contributed by atoms with Crippen molar-refractivity contribution in [1.82, 2.24) is 0 Å². The summed E-state index contributed by atoms with van der Waals surface area (Å²) in [5.74, 6) is 0.361. The third kappa shape index (κ3) is 5.15. The standard InChI is InChI=1S/C21H26ClNO3/c1-5-19(20(25)23-16-11-15(22)12-17(24)13-16)26-18-9-7-14(8-10-18)21(3,4)6-2/h7-13,19,24H,5-6H2,1-4H3,(H,23,25). The topological polar surface area (TPSA) is 58.6 Å². The molecule has 0 aliphatic rings. The van der Waals surface area contributed by atoms with Crippen LogP contribution in [0.3, 0.4) is 0 Å². The van der Waals surface area contributed by atoms with Crippen molar-refractivity contribution >= 4 is 23.2 Å². The maximum absolute atomic E-state index is 12.5. The number of nitrogens with one attached hydrogen (secondary N) is 1. The molecule has 0 aromatic heterocycles. The number of carbonyl (C=O) groups excluding carboxylic acids is 1. The summed E-state index contributed by atoms with van der Waals surface area (Å²) in [6.45, 7) is 8.45. The Morgan fingerprint density at radius 3 is 2.38 bits per heavy atom. The van der Waals surface area contributed by atoms with Gasteiger partial charge in [0.05, 0.1) is 0 Å². The Morgan fingerprint density at radius 1 is 1.19 bits per heavy atom. The highest BCUT2D eigenvalue weighted by Crippen LogP contribution is 2.28. The average Bonchev–Trinajstić information content (AvgIpc) is 2.59. The van der Waals surface area contributed by atoms with Crippen LogP contribution in [0.2, 0.25) is 5.02 Å². The molecule has 5 heteroatoms. The Hall–Kier alpha value is -2.20. The van der Waals surface area contributed by atoms with Crippen LogP contribution in [0.25, 0.3) is 0 Å². The first-order chi connectivity index (χ1) is 12.2. The van der Waals surface area contributed by atoms with Gasteiger partial charge in [0.25, 0.3) is 5.91 Å². The van der Waals surface area contributed by atoms with Crippen LogP contribution in [0, 0.1) is 0 Å². The number of ether oxygens (including phenoxy) is 1. The van der Waals surface area contributed by atoms with Crippen LogP contribution in [0.15, 0.2) is 42.5 Å². The molecule has 1 amide bonds. The van der Waals surface area contributed by atoms with E-state index in [1.54, 1.807) is 6.07 Å². The molecule has 0 heterocycles. The van der Waals surface area contributed by atoms with Crippen LogP contribution >= 0.6 is 11.6 Å². The SMILES string of the molecule is CCC(Oc1ccc(C(C)(C)CC)cc1)C(=O)Nc1cc(O)cc(Cl)c1. The van der Waals surface area contributed by atoms with E-state index in [0.29, 0.717) is 22.9 Å². The average molecular weight is 376 g/mol. The van der Waals surface area contributed by atoms with E-state index in [-0.39, 0.29) is 17.1 Å². The van der Waals surface area contributed by atoms with Crippen molar-refractivity contribution < 1.29 is 14.6 Å². The van der Waals surface area contributed by atoms with E-state index in [2.05, 4.69) is 26.1 Å². The van der Waals surface area contributed by atoms with Gasteiger partial charge in [-0.3, -0.25) is 4.79 Å². The summed E-state index contributed by atoms with van der Waals surface area (Å²) in [4.78, 5) is 12.5. The fraction of sp³-hybridized carbons (Fsp3) is 0.381. The van der Waals surface area contributed by atoms with Gasteiger partial charge in [-0.25, -0.2) is 0 Å². The van der Waals surface area contributed by atoms with E-state index in [4.69, 9.17) is 16.3 Å². The third-order valence-corrected chi connectivity index (χ3v) is 4.83. The smallest absolute Gasteiger partial charge is 0.265 e. The molecule has 140 valence electrons. The largest absolute Gasteiger partial charge is 0.508 e. The van der Waals surface area contributed by atoms with Crippen molar-refractivity contribution in [1.29, 1.82) is 0 Å². The van der Waals surface area contributed by atoms with Gasteiger partial charge in [0.15, 0.2) is 6.10 Å². The highest BCUT2D eigenvalue weighted by Gasteiger charge is 2.21. The van der Waals surface area contributed by atoms with Gasteiger partial charge in [-0.05, 0) is 48.1 Å². The molecule has 0 radical (unpaired) electrons. The molecule has 4 nitrogen and oxygen atoms in total. The first-order valence-corrected chi connectivity index (χ1v) is 9.20. The molecule has 0 saturated carbocycles. The van der Waals surface area contributed by atoms with Crippen molar-refractivity contribution in [2.45, 2.75) is 52.1 Å². The Balaban J connectivity index is 2.07. The number of hydrogen-bond acceptors (Lipinski definition) is 3. The zero-order chi connectivity index (χ0) is 19.3. The number of halogens is 1. The van der Waals surface area contributed by atoms with E-state index < -0.39 is 6.10 Å². The summed E-state index contributed by atoms with van der Waals surface area (Å²) in [6, 6.07) is 12.3. The summed E-state index contributed by atoms with van der Waals surface area (Å²) < 4.78 is 5.85.